The van der Waals surface area contributed by atoms with Gasteiger partial charge < -0.3 is 4.74 Å². The second-order valence-corrected chi connectivity index (χ2v) is 4.15. The molecule has 0 amide bonds. The van der Waals surface area contributed by atoms with Gasteiger partial charge in [-0.25, -0.2) is 4.39 Å². The minimum absolute atomic E-state index is 0.234. The van der Waals surface area contributed by atoms with Crippen LogP contribution >= 0.6 is 0 Å². The standard InChI is InChI=1S/C14H12FN3O/c1-19-12-7-4-8-18-13(16-17-14(12)18)9-10-5-2-3-6-11(10)15/h2-8H,9H2,1H3. The maximum absolute atomic E-state index is 13.6. The highest BCUT2D eigenvalue weighted by Gasteiger charge is 2.11. The smallest absolute Gasteiger partial charge is 0.203 e. The van der Waals surface area contributed by atoms with E-state index in [0.29, 0.717) is 29.2 Å². The van der Waals surface area contributed by atoms with E-state index in [9.17, 15) is 4.39 Å². The van der Waals surface area contributed by atoms with E-state index < -0.39 is 0 Å². The second-order valence-electron chi connectivity index (χ2n) is 4.15. The minimum atomic E-state index is -0.234. The van der Waals surface area contributed by atoms with Gasteiger partial charge >= 0.3 is 0 Å². The van der Waals surface area contributed by atoms with Gasteiger partial charge in [0, 0.05) is 12.6 Å². The lowest BCUT2D eigenvalue weighted by atomic mass is 10.1. The molecule has 1 aromatic carbocycles. The largest absolute Gasteiger partial charge is 0.493 e. The highest BCUT2D eigenvalue weighted by Crippen LogP contribution is 2.19. The van der Waals surface area contributed by atoms with Gasteiger partial charge in [-0.3, -0.25) is 4.40 Å². The Kier molecular flexibility index (Phi) is 2.87. The number of hydrogen-bond donors (Lipinski definition) is 0. The van der Waals surface area contributed by atoms with Gasteiger partial charge in [-0.15, -0.1) is 10.2 Å². The van der Waals surface area contributed by atoms with Crippen LogP contribution < -0.4 is 4.74 Å². The van der Waals surface area contributed by atoms with Crippen molar-refractivity contribution >= 4 is 5.65 Å². The monoisotopic (exact) mass is 257 g/mol. The summed E-state index contributed by atoms with van der Waals surface area (Å²) in [6, 6.07) is 10.3. The van der Waals surface area contributed by atoms with Crippen molar-refractivity contribution in [1.29, 1.82) is 0 Å². The average molecular weight is 257 g/mol. The fraction of sp³-hybridized carbons (Fsp3) is 0.143. The maximum atomic E-state index is 13.6. The number of ether oxygens (including phenoxy) is 1. The van der Waals surface area contributed by atoms with Crippen molar-refractivity contribution in [2.24, 2.45) is 0 Å². The topological polar surface area (TPSA) is 39.4 Å². The molecule has 0 bridgehead atoms. The molecule has 3 rings (SSSR count). The molecule has 0 aliphatic carbocycles. The summed E-state index contributed by atoms with van der Waals surface area (Å²) in [6.45, 7) is 0. The van der Waals surface area contributed by atoms with Gasteiger partial charge in [0.05, 0.1) is 7.11 Å². The molecule has 0 N–H and O–H groups in total. The molecule has 0 fully saturated rings. The molecular weight excluding hydrogens is 245 g/mol. The molecule has 0 unspecified atom stereocenters. The van der Waals surface area contributed by atoms with E-state index in [4.69, 9.17) is 4.74 Å². The molecule has 0 saturated heterocycles. The van der Waals surface area contributed by atoms with E-state index in [1.807, 2.05) is 28.8 Å². The van der Waals surface area contributed by atoms with Crippen LogP contribution in [0, 0.1) is 5.82 Å². The third-order valence-corrected chi connectivity index (χ3v) is 3.00. The van der Waals surface area contributed by atoms with Gasteiger partial charge in [-0.2, -0.15) is 0 Å². The van der Waals surface area contributed by atoms with Crippen molar-refractivity contribution in [2.45, 2.75) is 6.42 Å². The van der Waals surface area contributed by atoms with Crippen LogP contribution in [0.25, 0.3) is 5.65 Å². The van der Waals surface area contributed by atoms with E-state index in [1.165, 1.54) is 6.07 Å². The van der Waals surface area contributed by atoms with E-state index >= 15 is 0 Å². The fourth-order valence-corrected chi connectivity index (χ4v) is 2.03. The summed E-state index contributed by atoms with van der Waals surface area (Å²) in [5, 5.41) is 8.19. The third kappa shape index (κ3) is 2.03. The zero-order valence-corrected chi connectivity index (χ0v) is 10.4. The normalized spacial score (nSPS) is 10.8. The Bertz CT molecular complexity index is 724. The minimum Gasteiger partial charge on any atom is -0.493 e. The van der Waals surface area contributed by atoms with Crippen LogP contribution in [0.1, 0.15) is 11.4 Å². The average Bonchev–Trinajstić information content (AvgIpc) is 2.84. The van der Waals surface area contributed by atoms with Gasteiger partial charge in [0.15, 0.2) is 5.75 Å². The van der Waals surface area contributed by atoms with Crippen molar-refractivity contribution in [3.05, 3.63) is 59.8 Å². The maximum Gasteiger partial charge on any atom is 0.203 e. The number of halogens is 1. The molecule has 5 heteroatoms. The fourth-order valence-electron chi connectivity index (χ4n) is 2.03. The number of rotatable bonds is 3. The van der Waals surface area contributed by atoms with Crippen LogP contribution in [-0.4, -0.2) is 21.7 Å². The summed E-state index contributed by atoms with van der Waals surface area (Å²) in [4.78, 5) is 0. The van der Waals surface area contributed by atoms with Crippen LogP contribution in [0.15, 0.2) is 42.6 Å². The molecule has 0 aliphatic rings. The molecule has 0 saturated carbocycles. The Hall–Kier alpha value is -2.43. The third-order valence-electron chi connectivity index (χ3n) is 3.00. The van der Waals surface area contributed by atoms with Crippen molar-refractivity contribution < 1.29 is 9.13 Å². The van der Waals surface area contributed by atoms with Crippen LogP contribution in [0.4, 0.5) is 4.39 Å². The van der Waals surface area contributed by atoms with Crippen LogP contribution in [0.5, 0.6) is 5.75 Å². The SMILES string of the molecule is COc1cccn2c(Cc3ccccc3F)nnc12. The molecule has 0 atom stereocenters. The van der Waals surface area contributed by atoms with Crippen molar-refractivity contribution in [2.75, 3.05) is 7.11 Å². The molecule has 0 spiro atoms. The number of nitrogens with zero attached hydrogens (tertiary/aromatic N) is 3. The summed E-state index contributed by atoms with van der Waals surface area (Å²) in [7, 11) is 1.58. The first-order chi connectivity index (χ1) is 9.29. The molecule has 0 aliphatic heterocycles. The Balaban J connectivity index is 2.05. The van der Waals surface area contributed by atoms with Crippen molar-refractivity contribution in [3.63, 3.8) is 0 Å². The lowest BCUT2D eigenvalue weighted by Crippen LogP contribution is -1.99. The summed E-state index contributed by atoms with van der Waals surface area (Å²) in [5.41, 5.74) is 1.23. The first-order valence-corrected chi connectivity index (χ1v) is 5.89. The van der Waals surface area contributed by atoms with E-state index in [2.05, 4.69) is 10.2 Å². The first kappa shape index (κ1) is 11.6. The Labute approximate surface area is 109 Å². The summed E-state index contributed by atoms with van der Waals surface area (Å²) >= 11 is 0. The quantitative estimate of drug-likeness (QED) is 0.723. The highest BCUT2D eigenvalue weighted by atomic mass is 19.1. The molecular formula is C14H12FN3O. The molecule has 2 heterocycles. The number of methoxy groups -OCH3 is 1. The lowest BCUT2D eigenvalue weighted by Gasteiger charge is -2.03. The number of hydrogen-bond acceptors (Lipinski definition) is 3. The molecule has 96 valence electrons. The predicted octanol–water partition coefficient (Wildman–Crippen LogP) is 2.47. The Morgan fingerprint density at radius 1 is 1.16 bits per heavy atom. The predicted molar refractivity (Wildman–Crippen MR) is 68.7 cm³/mol. The Morgan fingerprint density at radius 3 is 2.79 bits per heavy atom. The number of fused-ring (bicyclic) bond motifs is 1. The van der Waals surface area contributed by atoms with Crippen molar-refractivity contribution in [3.8, 4) is 5.75 Å². The van der Waals surface area contributed by atoms with Crippen molar-refractivity contribution in [1.82, 2.24) is 14.6 Å². The molecule has 0 radical (unpaired) electrons. The lowest BCUT2D eigenvalue weighted by molar-refractivity contribution is 0.416. The molecule has 4 nitrogen and oxygen atoms in total. The van der Waals surface area contributed by atoms with Gasteiger partial charge in [-0.1, -0.05) is 18.2 Å². The summed E-state index contributed by atoms with van der Waals surface area (Å²) in [6.07, 6.45) is 2.23. The van der Waals surface area contributed by atoms with Gasteiger partial charge in [-0.05, 0) is 23.8 Å². The summed E-state index contributed by atoms with van der Waals surface area (Å²) < 4.78 is 20.7. The zero-order chi connectivity index (χ0) is 13.2. The van der Waals surface area contributed by atoms with Gasteiger partial charge in [0.1, 0.15) is 11.6 Å². The zero-order valence-electron chi connectivity index (χ0n) is 10.4. The number of benzene rings is 1. The number of pyridine rings is 1. The Morgan fingerprint density at radius 2 is 2.00 bits per heavy atom. The second kappa shape index (κ2) is 4.68. The molecule has 19 heavy (non-hydrogen) atoms. The van der Waals surface area contributed by atoms with E-state index in [1.54, 1.807) is 19.2 Å². The molecule has 3 aromatic rings. The van der Waals surface area contributed by atoms with E-state index in [0.717, 1.165) is 0 Å². The van der Waals surface area contributed by atoms with Crippen LogP contribution in [-0.2, 0) is 6.42 Å². The van der Waals surface area contributed by atoms with Gasteiger partial charge in [0.2, 0.25) is 5.65 Å². The highest BCUT2D eigenvalue weighted by molar-refractivity contribution is 5.53. The van der Waals surface area contributed by atoms with Crippen LogP contribution in [0.3, 0.4) is 0 Å². The van der Waals surface area contributed by atoms with E-state index in [-0.39, 0.29) is 5.82 Å². The number of aromatic nitrogens is 3. The van der Waals surface area contributed by atoms with Gasteiger partial charge in [0.25, 0.3) is 0 Å². The first-order valence-electron chi connectivity index (χ1n) is 5.89. The molecule has 2 aromatic heterocycles. The van der Waals surface area contributed by atoms with Crippen LogP contribution in [0.2, 0.25) is 0 Å². The summed E-state index contributed by atoms with van der Waals surface area (Å²) in [5.74, 6) is 1.09.